The van der Waals surface area contributed by atoms with Crippen LogP contribution in [0.5, 0.6) is 5.75 Å². The quantitative estimate of drug-likeness (QED) is 0.764. The molecule has 0 N–H and O–H groups in total. The second kappa shape index (κ2) is 3.67. The van der Waals surface area contributed by atoms with Crippen LogP contribution in [0.2, 0.25) is 5.02 Å². The summed E-state index contributed by atoms with van der Waals surface area (Å²) in [5, 5.41) is 4.22. The van der Waals surface area contributed by atoms with E-state index in [4.69, 9.17) is 16.3 Å². The van der Waals surface area contributed by atoms with Gasteiger partial charge >= 0.3 is 0 Å². The van der Waals surface area contributed by atoms with Gasteiger partial charge in [-0.15, -0.1) is 0 Å². The molecule has 72 valence electrons. The van der Waals surface area contributed by atoms with Crippen molar-refractivity contribution >= 4 is 11.6 Å². The average Bonchev–Trinajstić information content (AvgIpc) is 2.70. The van der Waals surface area contributed by atoms with Gasteiger partial charge in [0.15, 0.2) is 0 Å². The third-order valence-electron chi connectivity index (χ3n) is 1.77. The van der Waals surface area contributed by atoms with Gasteiger partial charge in [-0.2, -0.15) is 4.98 Å². The van der Waals surface area contributed by atoms with Gasteiger partial charge in [0.2, 0.25) is 12.2 Å². The number of hydrogen-bond donors (Lipinski definition) is 0. The van der Waals surface area contributed by atoms with Crippen molar-refractivity contribution in [2.45, 2.75) is 0 Å². The van der Waals surface area contributed by atoms with Gasteiger partial charge in [-0.3, -0.25) is 0 Å². The number of ether oxygens (including phenoxy) is 1. The molecule has 4 nitrogen and oxygen atoms in total. The van der Waals surface area contributed by atoms with E-state index in [2.05, 4.69) is 14.7 Å². The first-order valence-electron chi connectivity index (χ1n) is 3.91. The van der Waals surface area contributed by atoms with Gasteiger partial charge in [0.1, 0.15) is 5.75 Å². The van der Waals surface area contributed by atoms with Crippen LogP contribution in [-0.4, -0.2) is 17.3 Å². The first kappa shape index (κ1) is 9.02. The Kier molecular flexibility index (Phi) is 2.37. The molecule has 0 radical (unpaired) electrons. The van der Waals surface area contributed by atoms with Gasteiger partial charge in [0.05, 0.1) is 12.1 Å². The zero-order valence-electron chi connectivity index (χ0n) is 7.40. The molecule has 0 bridgehead atoms. The van der Waals surface area contributed by atoms with E-state index in [9.17, 15) is 0 Å². The molecule has 0 amide bonds. The molecular formula is C9H7ClN2O2. The fraction of sp³-hybridized carbons (Fsp3) is 0.111. The van der Waals surface area contributed by atoms with Gasteiger partial charge in [-0.25, -0.2) is 0 Å². The molecule has 0 aliphatic rings. The van der Waals surface area contributed by atoms with E-state index >= 15 is 0 Å². The van der Waals surface area contributed by atoms with E-state index < -0.39 is 0 Å². The summed E-state index contributed by atoms with van der Waals surface area (Å²) in [6.07, 6.45) is 1.27. The molecular weight excluding hydrogens is 204 g/mol. The summed E-state index contributed by atoms with van der Waals surface area (Å²) >= 11 is 5.94. The third-order valence-corrected chi connectivity index (χ3v) is 2.07. The zero-order chi connectivity index (χ0) is 9.97. The van der Waals surface area contributed by atoms with Crippen molar-refractivity contribution < 1.29 is 9.26 Å². The van der Waals surface area contributed by atoms with Crippen LogP contribution >= 0.6 is 11.6 Å². The lowest BCUT2D eigenvalue weighted by atomic mass is 10.2. The summed E-state index contributed by atoms with van der Waals surface area (Å²) in [6, 6.07) is 5.30. The van der Waals surface area contributed by atoms with Crippen molar-refractivity contribution in [2.75, 3.05) is 7.11 Å². The molecule has 1 aromatic carbocycles. The van der Waals surface area contributed by atoms with Gasteiger partial charge in [0.25, 0.3) is 0 Å². The first-order chi connectivity index (χ1) is 6.81. The summed E-state index contributed by atoms with van der Waals surface area (Å²) in [7, 11) is 1.56. The van der Waals surface area contributed by atoms with Gasteiger partial charge in [0, 0.05) is 5.56 Å². The van der Waals surface area contributed by atoms with Crippen molar-refractivity contribution in [3.63, 3.8) is 0 Å². The maximum atomic E-state index is 5.94. The highest BCUT2D eigenvalue weighted by atomic mass is 35.5. The predicted molar refractivity (Wildman–Crippen MR) is 51.3 cm³/mol. The number of halogens is 1. The highest BCUT2D eigenvalue weighted by Gasteiger charge is 2.06. The molecule has 14 heavy (non-hydrogen) atoms. The topological polar surface area (TPSA) is 48.2 Å². The minimum atomic E-state index is 0.509. The Morgan fingerprint density at radius 2 is 2.29 bits per heavy atom. The smallest absolute Gasteiger partial charge is 0.214 e. The largest absolute Gasteiger partial charge is 0.495 e. The molecule has 5 heteroatoms. The fourth-order valence-corrected chi connectivity index (χ4v) is 1.36. The molecule has 2 rings (SSSR count). The molecule has 0 aliphatic carbocycles. The minimum absolute atomic E-state index is 0.509. The molecule has 0 fully saturated rings. The zero-order valence-corrected chi connectivity index (χ0v) is 8.15. The summed E-state index contributed by atoms with van der Waals surface area (Å²) in [6.45, 7) is 0. The van der Waals surface area contributed by atoms with Crippen LogP contribution in [0.25, 0.3) is 11.4 Å². The number of rotatable bonds is 2. The Bertz CT molecular complexity index is 428. The Labute approximate surface area is 85.5 Å². The lowest BCUT2D eigenvalue weighted by Crippen LogP contribution is -1.85. The van der Waals surface area contributed by atoms with E-state index in [1.807, 2.05) is 6.07 Å². The predicted octanol–water partition coefficient (Wildman–Crippen LogP) is 2.40. The van der Waals surface area contributed by atoms with Crippen LogP contribution < -0.4 is 4.74 Å². The SMILES string of the molecule is COc1ccc(-c2ncon2)cc1Cl. The molecule has 2 aromatic rings. The lowest BCUT2D eigenvalue weighted by Gasteiger charge is -2.02. The number of benzene rings is 1. The van der Waals surface area contributed by atoms with Crippen molar-refractivity contribution in [1.29, 1.82) is 0 Å². The van der Waals surface area contributed by atoms with E-state index in [1.54, 1.807) is 19.2 Å². The second-order valence-corrected chi connectivity index (χ2v) is 3.01. The number of hydrogen-bond acceptors (Lipinski definition) is 4. The van der Waals surface area contributed by atoms with Crippen molar-refractivity contribution in [3.05, 3.63) is 29.6 Å². The van der Waals surface area contributed by atoms with Crippen LogP contribution in [0.4, 0.5) is 0 Å². The molecule has 0 unspecified atom stereocenters. The first-order valence-corrected chi connectivity index (χ1v) is 4.29. The fourth-order valence-electron chi connectivity index (χ4n) is 1.10. The van der Waals surface area contributed by atoms with Crippen LogP contribution in [-0.2, 0) is 0 Å². The standard InChI is InChI=1S/C9H7ClN2O2/c1-13-8-3-2-6(4-7(8)10)9-11-5-14-12-9/h2-5H,1H3. The Morgan fingerprint density at radius 1 is 1.43 bits per heavy atom. The normalized spacial score (nSPS) is 10.1. The molecule has 0 spiro atoms. The van der Waals surface area contributed by atoms with Gasteiger partial charge in [-0.1, -0.05) is 16.8 Å². The molecule has 0 saturated heterocycles. The number of aromatic nitrogens is 2. The van der Waals surface area contributed by atoms with Crippen molar-refractivity contribution in [2.24, 2.45) is 0 Å². The molecule has 1 heterocycles. The van der Waals surface area contributed by atoms with Crippen LogP contribution in [0.15, 0.2) is 29.1 Å². The van der Waals surface area contributed by atoms with E-state index in [-0.39, 0.29) is 0 Å². The maximum absolute atomic E-state index is 5.94. The molecule has 0 aliphatic heterocycles. The molecule has 0 saturated carbocycles. The van der Waals surface area contributed by atoms with Crippen LogP contribution in [0.3, 0.4) is 0 Å². The lowest BCUT2D eigenvalue weighted by molar-refractivity contribution is 0.414. The summed E-state index contributed by atoms with van der Waals surface area (Å²) in [5.74, 6) is 1.13. The monoisotopic (exact) mass is 210 g/mol. The van der Waals surface area contributed by atoms with Crippen LogP contribution in [0, 0.1) is 0 Å². The molecule has 1 aromatic heterocycles. The third kappa shape index (κ3) is 1.56. The van der Waals surface area contributed by atoms with E-state index in [0.717, 1.165) is 5.56 Å². The van der Waals surface area contributed by atoms with E-state index in [1.165, 1.54) is 6.39 Å². The minimum Gasteiger partial charge on any atom is -0.495 e. The summed E-state index contributed by atoms with van der Waals surface area (Å²) in [4.78, 5) is 3.91. The molecule has 0 atom stereocenters. The van der Waals surface area contributed by atoms with Gasteiger partial charge < -0.3 is 9.26 Å². The number of methoxy groups -OCH3 is 1. The summed E-state index contributed by atoms with van der Waals surface area (Å²) in [5.41, 5.74) is 0.796. The summed E-state index contributed by atoms with van der Waals surface area (Å²) < 4.78 is 9.65. The Hall–Kier alpha value is -1.55. The van der Waals surface area contributed by atoms with Gasteiger partial charge in [-0.05, 0) is 18.2 Å². The highest BCUT2D eigenvalue weighted by molar-refractivity contribution is 6.32. The van der Waals surface area contributed by atoms with Crippen molar-refractivity contribution in [1.82, 2.24) is 10.1 Å². The average molecular weight is 211 g/mol. The second-order valence-electron chi connectivity index (χ2n) is 2.60. The van der Waals surface area contributed by atoms with E-state index in [0.29, 0.717) is 16.6 Å². The van der Waals surface area contributed by atoms with Crippen molar-refractivity contribution in [3.8, 4) is 17.1 Å². The van der Waals surface area contributed by atoms with Crippen LogP contribution in [0.1, 0.15) is 0 Å². The maximum Gasteiger partial charge on any atom is 0.214 e. The highest BCUT2D eigenvalue weighted by Crippen LogP contribution is 2.28. The Balaban J connectivity index is 2.43. The Morgan fingerprint density at radius 3 is 2.86 bits per heavy atom. The number of nitrogens with zero attached hydrogens (tertiary/aromatic N) is 2.